The quantitative estimate of drug-likeness (QED) is 0.357. The van der Waals surface area contributed by atoms with Crippen LogP contribution in [0.4, 0.5) is 0 Å². The zero-order valence-electron chi connectivity index (χ0n) is 16.2. The molecule has 0 radical (unpaired) electrons. The highest BCUT2D eigenvalue weighted by molar-refractivity contribution is 5.91. The van der Waals surface area contributed by atoms with Gasteiger partial charge in [0, 0.05) is 0 Å². The molecule has 0 unspecified atom stereocenters. The smallest absolute Gasteiger partial charge is 0.00992 e. The Labute approximate surface area is 162 Å². The van der Waals surface area contributed by atoms with E-state index in [1.54, 1.807) is 0 Å². The molecule has 0 amide bonds. The summed E-state index contributed by atoms with van der Waals surface area (Å²) in [4.78, 5) is 0. The van der Waals surface area contributed by atoms with Gasteiger partial charge in [0.15, 0.2) is 0 Å². The van der Waals surface area contributed by atoms with Crippen molar-refractivity contribution < 1.29 is 0 Å². The van der Waals surface area contributed by atoms with Crippen molar-refractivity contribution in [3.05, 3.63) is 108 Å². The van der Waals surface area contributed by atoms with Crippen LogP contribution in [0.25, 0.3) is 33.4 Å². The molecule has 0 saturated heterocycles. The molecule has 0 heterocycles. The molecular weight excluding hydrogens is 324 g/mol. The Morgan fingerprint density at radius 3 is 1.41 bits per heavy atom. The molecule has 4 aromatic carbocycles. The molecule has 0 N–H and O–H groups in total. The summed E-state index contributed by atoms with van der Waals surface area (Å²) in [7, 11) is 0. The van der Waals surface area contributed by atoms with Crippen LogP contribution >= 0.6 is 0 Å². The molecule has 0 saturated carbocycles. The lowest BCUT2D eigenvalue weighted by molar-refractivity contribution is 1.38. The van der Waals surface area contributed by atoms with E-state index in [9.17, 15) is 0 Å². The number of hydrogen-bond acceptors (Lipinski definition) is 0. The number of benzene rings is 4. The average molecular weight is 348 g/mol. The predicted octanol–water partition coefficient (Wildman–Crippen LogP) is 7.61. The minimum Gasteiger partial charge on any atom is -0.0616 e. The first-order valence-electron chi connectivity index (χ1n) is 9.46. The first-order chi connectivity index (χ1) is 13.1. The van der Waals surface area contributed by atoms with Gasteiger partial charge in [-0.25, -0.2) is 0 Å². The van der Waals surface area contributed by atoms with E-state index in [1.165, 1.54) is 50.1 Å². The summed E-state index contributed by atoms with van der Waals surface area (Å²) in [5.41, 5.74) is 11.5. The number of hydrogen-bond donors (Lipinski definition) is 0. The highest BCUT2D eigenvalue weighted by Gasteiger charge is 2.12. The summed E-state index contributed by atoms with van der Waals surface area (Å²) in [5, 5.41) is 0. The zero-order valence-corrected chi connectivity index (χ0v) is 16.2. The van der Waals surface area contributed by atoms with E-state index in [2.05, 4.69) is 112 Å². The third-order valence-corrected chi connectivity index (χ3v) is 5.01. The van der Waals surface area contributed by atoms with Crippen LogP contribution in [-0.2, 0) is 0 Å². The lowest BCUT2D eigenvalue weighted by Gasteiger charge is -2.15. The van der Waals surface area contributed by atoms with Crippen LogP contribution in [0, 0.1) is 20.8 Å². The van der Waals surface area contributed by atoms with Crippen LogP contribution in [0.1, 0.15) is 16.7 Å². The monoisotopic (exact) mass is 348 g/mol. The van der Waals surface area contributed by atoms with Crippen molar-refractivity contribution in [1.29, 1.82) is 0 Å². The topological polar surface area (TPSA) is 0 Å². The molecular formula is C27H24. The van der Waals surface area contributed by atoms with Gasteiger partial charge in [0.1, 0.15) is 0 Å². The van der Waals surface area contributed by atoms with Gasteiger partial charge in [-0.2, -0.15) is 0 Å². The summed E-state index contributed by atoms with van der Waals surface area (Å²) < 4.78 is 0. The normalized spacial score (nSPS) is 10.8. The van der Waals surface area contributed by atoms with Crippen molar-refractivity contribution in [2.45, 2.75) is 20.8 Å². The van der Waals surface area contributed by atoms with Crippen LogP contribution in [0.2, 0.25) is 0 Å². The molecule has 0 spiro atoms. The van der Waals surface area contributed by atoms with Crippen LogP contribution in [0.3, 0.4) is 0 Å². The van der Waals surface area contributed by atoms with E-state index in [1.807, 2.05) is 0 Å². The van der Waals surface area contributed by atoms with Gasteiger partial charge in [-0.3, -0.25) is 0 Å². The second kappa shape index (κ2) is 7.25. The van der Waals surface area contributed by atoms with Gasteiger partial charge < -0.3 is 0 Å². The molecule has 0 aliphatic heterocycles. The fourth-order valence-corrected chi connectivity index (χ4v) is 3.88. The third kappa shape index (κ3) is 3.57. The van der Waals surface area contributed by atoms with E-state index >= 15 is 0 Å². The SMILES string of the molecule is Cc1cccc(-c2ccccc2-c2ccccc2-c2cc(C)cc(C)c2)c1. The highest BCUT2D eigenvalue weighted by Crippen LogP contribution is 2.38. The molecule has 4 rings (SSSR count). The van der Waals surface area contributed by atoms with Crippen molar-refractivity contribution in [1.82, 2.24) is 0 Å². The average Bonchev–Trinajstić information content (AvgIpc) is 2.67. The van der Waals surface area contributed by atoms with Crippen LogP contribution < -0.4 is 0 Å². The van der Waals surface area contributed by atoms with E-state index in [0.717, 1.165) is 0 Å². The summed E-state index contributed by atoms with van der Waals surface area (Å²) in [6.45, 7) is 6.48. The Balaban J connectivity index is 1.94. The Bertz CT molecular complexity index is 1080. The molecule has 0 bridgehead atoms. The molecule has 0 aliphatic rings. The van der Waals surface area contributed by atoms with E-state index in [-0.39, 0.29) is 0 Å². The summed E-state index contributed by atoms with van der Waals surface area (Å²) in [6.07, 6.45) is 0. The van der Waals surface area contributed by atoms with Gasteiger partial charge in [-0.05, 0) is 54.2 Å². The standard InChI is InChI=1S/C27H24/c1-19-9-8-10-22(16-19)24-11-4-6-13-26(24)27-14-7-5-12-25(27)23-17-20(2)15-21(3)18-23/h4-18H,1-3H3. The highest BCUT2D eigenvalue weighted by atomic mass is 14.2. The molecule has 4 aromatic rings. The predicted molar refractivity (Wildman–Crippen MR) is 117 cm³/mol. The molecule has 0 aliphatic carbocycles. The molecule has 0 fully saturated rings. The Kier molecular flexibility index (Phi) is 4.64. The molecule has 0 aromatic heterocycles. The van der Waals surface area contributed by atoms with Gasteiger partial charge in [-0.15, -0.1) is 0 Å². The Hall–Kier alpha value is -3.12. The Morgan fingerprint density at radius 2 is 0.852 bits per heavy atom. The lowest BCUT2D eigenvalue weighted by Crippen LogP contribution is -1.90. The maximum atomic E-state index is 2.28. The second-order valence-corrected chi connectivity index (χ2v) is 7.34. The number of rotatable bonds is 3. The largest absolute Gasteiger partial charge is 0.0616 e. The third-order valence-electron chi connectivity index (χ3n) is 5.01. The van der Waals surface area contributed by atoms with Crippen molar-refractivity contribution in [3.8, 4) is 33.4 Å². The maximum absolute atomic E-state index is 2.28. The minimum atomic E-state index is 1.26. The lowest BCUT2D eigenvalue weighted by atomic mass is 9.88. The van der Waals surface area contributed by atoms with E-state index in [0.29, 0.717) is 0 Å². The van der Waals surface area contributed by atoms with Gasteiger partial charge in [0.2, 0.25) is 0 Å². The summed E-state index contributed by atoms with van der Waals surface area (Å²) >= 11 is 0. The molecule has 0 nitrogen and oxygen atoms in total. The van der Waals surface area contributed by atoms with E-state index < -0.39 is 0 Å². The maximum Gasteiger partial charge on any atom is -0.00992 e. The van der Waals surface area contributed by atoms with Gasteiger partial charge in [-0.1, -0.05) is 108 Å². The number of aryl methyl sites for hydroxylation is 3. The van der Waals surface area contributed by atoms with Crippen LogP contribution in [0.15, 0.2) is 91.0 Å². The first kappa shape index (κ1) is 17.3. The Morgan fingerprint density at radius 1 is 0.370 bits per heavy atom. The van der Waals surface area contributed by atoms with E-state index in [4.69, 9.17) is 0 Å². The molecule has 0 atom stereocenters. The molecule has 0 heteroatoms. The second-order valence-electron chi connectivity index (χ2n) is 7.34. The van der Waals surface area contributed by atoms with Gasteiger partial charge in [0.05, 0.1) is 0 Å². The van der Waals surface area contributed by atoms with Gasteiger partial charge in [0.25, 0.3) is 0 Å². The first-order valence-corrected chi connectivity index (χ1v) is 9.46. The van der Waals surface area contributed by atoms with Crippen molar-refractivity contribution in [3.63, 3.8) is 0 Å². The van der Waals surface area contributed by atoms with Gasteiger partial charge >= 0.3 is 0 Å². The minimum absolute atomic E-state index is 1.26. The fraction of sp³-hybridized carbons (Fsp3) is 0.111. The zero-order chi connectivity index (χ0) is 18.8. The van der Waals surface area contributed by atoms with Crippen molar-refractivity contribution in [2.75, 3.05) is 0 Å². The van der Waals surface area contributed by atoms with Crippen LogP contribution in [-0.4, -0.2) is 0 Å². The summed E-state index contributed by atoms with van der Waals surface area (Å²) in [6, 6.07) is 33.0. The molecule has 27 heavy (non-hydrogen) atoms. The van der Waals surface area contributed by atoms with Crippen molar-refractivity contribution >= 4 is 0 Å². The van der Waals surface area contributed by atoms with Crippen LogP contribution in [0.5, 0.6) is 0 Å². The van der Waals surface area contributed by atoms with Crippen molar-refractivity contribution in [2.24, 2.45) is 0 Å². The fourth-order valence-electron chi connectivity index (χ4n) is 3.88. The molecule has 132 valence electrons. The summed E-state index contributed by atoms with van der Waals surface area (Å²) in [5.74, 6) is 0.